The number of nitrogens with zero attached hydrogens (tertiary/aromatic N) is 2. The van der Waals surface area contributed by atoms with Crippen LogP contribution in [0.15, 0.2) is 6.07 Å². The van der Waals surface area contributed by atoms with E-state index in [0.29, 0.717) is 6.54 Å². The zero-order valence-electron chi connectivity index (χ0n) is 9.32. The van der Waals surface area contributed by atoms with Gasteiger partial charge in [0.1, 0.15) is 5.69 Å². The van der Waals surface area contributed by atoms with Crippen molar-refractivity contribution in [3.05, 3.63) is 17.5 Å². The molecule has 0 fully saturated rings. The number of nitrogens with one attached hydrogen (secondary N) is 1. The number of carboxylic acids is 1. The zero-order valence-corrected chi connectivity index (χ0v) is 9.32. The molecule has 2 N–H and O–H groups in total. The highest BCUT2D eigenvalue weighted by atomic mass is 16.4. The maximum absolute atomic E-state index is 10.9. The van der Waals surface area contributed by atoms with E-state index in [2.05, 4.69) is 10.4 Å². The van der Waals surface area contributed by atoms with Crippen LogP contribution in [0.4, 0.5) is 0 Å². The molecule has 0 aliphatic carbocycles. The molecule has 15 heavy (non-hydrogen) atoms. The minimum atomic E-state index is -0.932. The highest BCUT2D eigenvalue weighted by molar-refractivity contribution is 5.85. The van der Waals surface area contributed by atoms with E-state index in [1.54, 1.807) is 6.07 Å². The zero-order chi connectivity index (χ0) is 11.4. The van der Waals surface area contributed by atoms with Crippen molar-refractivity contribution < 1.29 is 9.90 Å². The molecule has 0 atom stereocenters. The van der Waals surface area contributed by atoms with Gasteiger partial charge in [-0.1, -0.05) is 6.92 Å². The van der Waals surface area contributed by atoms with E-state index >= 15 is 0 Å². The first kappa shape index (κ1) is 11.7. The van der Waals surface area contributed by atoms with E-state index in [1.807, 2.05) is 20.8 Å². The van der Waals surface area contributed by atoms with E-state index < -0.39 is 5.97 Å². The average Bonchev–Trinajstić information content (AvgIpc) is 2.58. The van der Waals surface area contributed by atoms with Crippen molar-refractivity contribution in [3.63, 3.8) is 0 Å². The Kier molecular flexibility index (Phi) is 3.85. The van der Waals surface area contributed by atoms with Crippen LogP contribution < -0.4 is 5.32 Å². The molecule has 1 aromatic rings. The molecule has 0 aliphatic heterocycles. The summed E-state index contributed by atoms with van der Waals surface area (Å²) in [6.45, 7) is 7.28. The van der Waals surface area contributed by atoms with Crippen molar-refractivity contribution in [1.82, 2.24) is 15.1 Å². The number of hydrogen-bond acceptors (Lipinski definition) is 3. The number of carbonyl (C=O) groups is 1. The molecule has 0 bridgehead atoms. The van der Waals surface area contributed by atoms with Gasteiger partial charge in [0.15, 0.2) is 0 Å². The van der Waals surface area contributed by atoms with E-state index in [0.717, 1.165) is 12.2 Å². The lowest BCUT2D eigenvalue weighted by Crippen LogP contribution is -2.14. The highest BCUT2D eigenvalue weighted by Crippen LogP contribution is 2.11. The lowest BCUT2D eigenvalue weighted by Gasteiger charge is -2.07. The summed E-state index contributed by atoms with van der Waals surface area (Å²) in [6, 6.07) is 1.68. The second-order valence-electron chi connectivity index (χ2n) is 3.64. The molecule has 1 aromatic heterocycles. The Hall–Kier alpha value is -1.36. The van der Waals surface area contributed by atoms with Crippen LogP contribution in [0.25, 0.3) is 0 Å². The van der Waals surface area contributed by atoms with Crippen LogP contribution in [0.3, 0.4) is 0 Å². The molecule has 0 unspecified atom stereocenters. The monoisotopic (exact) mass is 211 g/mol. The number of carboxylic acid groups (broad SMARTS) is 1. The van der Waals surface area contributed by atoms with Crippen molar-refractivity contribution >= 4 is 5.97 Å². The topological polar surface area (TPSA) is 67.2 Å². The van der Waals surface area contributed by atoms with Gasteiger partial charge in [-0.05, 0) is 26.5 Å². The molecule has 0 saturated heterocycles. The lowest BCUT2D eigenvalue weighted by atomic mass is 10.3. The predicted molar refractivity (Wildman–Crippen MR) is 57.0 cm³/mol. The van der Waals surface area contributed by atoms with Crippen LogP contribution in [0.2, 0.25) is 0 Å². The van der Waals surface area contributed by atoms with Gasteiger partial charge in [0.2, 0.25) is 0 Å². The number of hydrogen-bond donors (Lipinski definition) is 2. The Balaban J connectivity index is 2.93. The van der Waals surface area contributed by atoms with Crippen LogP contribution in [0.1, 0.15) is 43.0 Å². The summed E-state index contributed by atoms with van der Waals surface area (Å²) < 4.78 is 1.54. The minimum Gasteiger partial charge on any atom is -0.477 e. The molecule has 0 aromatic carbocycles. The van der Waals surface area contributed by atoms with Gasteiger partial charge in [-0.15, -0.1) is 0 Å². The Morgan fingerprint density at radius 1 is 1.67 bits per heavy atom. The first-order chi connectivity index (χ1) is 7.06. The first-order valence-electron chi connectivity index (χ1n) is 5.08. The summed E-state index contributed by atoms with van der Waals surface area (Å²) in [5.41, 5.74) is 1.01. The number of aromatic carboxylic acids is 1. The van der Waals surface area contributed by atoms with Gasteiger partial charge in [0.25, 0.3) is 0 Å². The van der Waals surface area contributed by atoms with Crippen molar-refractivity contribution in [2.75, 3.05) is 6.54 Å². The second-order valence-corrected chi connectivity index (χ2v) is 3.64. The molecular formula is C10H17N3O2. The first-order valence-corrected chi connectivity index (χ1v) is 5.08. The Labute approximate surface area is 89.1 Å². The summed E-state index contributed by atoms with van der Waals surface area (Å²) in [5, 5.41) is 16.3. The molecule has 0 aliphatic rings. The fraction of sp³-hybridized carbons (Fsp3) is 0.600. The highest BCUT2D eigenvalue weighted by Gasteiger charge is 2.15. The van der Waals surface area contributed by atoms with Crippen LogP contribution in [-0.4, -0.2) is 27.4 Å². The summed E-state index contributed by atoms with van der Waals surface area (Å²) >= 11 is 0. The van der Waals surface area contributed by atoms with E-state index in [1.165, 1.54) is 4.68 Å². The number of aromatic nitrogens is 2. The van der Waals surface area contributed by atoms with Crippen LogP contribution in [0, 0.1) is 0 Å². The summed E-state index contributed by atoms with van der Waals surface area (Å²) in [7, 11) is 0. The van der Waals surface area contributed by atoms with Gasteiger partial charge in [-0.2, -0.15) is 5.10 Å². The van der Waals surface area contributed by atoms with Crippen molar-refractivity contribution in [2.24, 2.45) is 0 Å². The van der Waals surface area contributed by atoms with Crippen LogP contribution >= 0.6 is 0 Å². The van der Waals surface area contributed by atoms with Crippen molar-refractivity contribution in [3.8, 4) is 0 Å². The molecule has 5 heteroatoms. The fourth-order valence-corrected chi connectivity index (χ4v) is 1.34. The quantitative estimate of drug-likeness (QED) is 0.769. The average molecular weight is 211 g/mol. The van der Waals surface area contributed by atoms with E-state index in [-0.39, 0.29) is 11.7 Å². The third kappa shape index (κ3) is 2.79. The third-order valence-corrected chi connectivity index (χ3v) is 2.05. The maximum atomic E-state index is 10.9. The standard InChI is InChI=1S/C10H17N3O2/c1-4-11-6-8-5-9(10(14)15)13(12-8)7(2)3/h5,7,11H,4,6H2,1-3H3,(H,14,15). The fourth-order valence-electron chi connectivity index (χ4n) is 1.34. The normalized spacial score (nSPS) is 10.9. The Bertz CT molecular complexity index is 344. The summed E-state index contributed by atoms with van der Waals surface area (Å²) in [4.78, 5) is 10.9. The van der Waals surface area contributed by atoms with Crippen molar-refractivity contribution in [2.45, 2.75) is 33.4 Å². The smallest absolute Gasteiger partial charge is 0.354 e. The molecule has 0 radical (unpaired) electrons. The van der Waals surface area contributed by atoms with Gasteiger partial charge in [0, 0.05) is 12.6 Å². The summed E-state index contributed by atoms with van der Waals surface area (Å²) in [5.74, 6) is -0.932. The van der Waals surface area contributed by atoms with Gasteiger partial charge >= 0.3 is 5.97 Å². The molecule has 0 saturated carbocycles. The van der Waals surface area contributed by atoms with Crippen LogP contribution in [-0.2, 0) is 6.54 Å². The SMILES string of the molecule is CCNCc1cc(C(=O)O)n(C(C)C)n1. The Morgan fingerprint density at radius 3 is 2.73 bits per heavy atom. The predicted octanol–water partition coefficient (Wildman–Crippen LogP) is 1.27. The molecule has 1 heterocycles. The second kappa shape index (κ2) is 4.93. The third-order valence-electron chi connectivity index (χ3n) is 2.05. The van der Waals surface area contributed by atoms with Crippen LogP contribution in [0.5, 0.6) is 0 Å². The summed E-state index contributed by atoms with van der Waals surface area (Å²) in [6.07, 6.45) is 0. The Morgan fingerprint density at radius 2 is 2.33 bits per heavy atom. The maximum Gasteiger partial charge on any atom is 0.354 e. The molecular weight excluding hydrogens is 194 g/mol. The number of rotatable bonds is 5. The molecule has 5 nitrogen and oxygen atoms in total. The molecule has 84 valence electrons. The van der Waals surface area contributed by atoms with Gasteiger partial charge in [-0.25, -0.2) is 4.79 Å². The van der Waals surface area contributed by atoms with Gasteiger partial charge in [0.05, 0.1) is 5.69 Å². The van der Waals surface area contributed by atoms with Gasteiger partial charge < -0.3 is 10.4 Å². The minimum absolute atomic E-state index is 0.0616. The lowest BCUT2D eigenvalue weighted by molar-refractivity contribution is 0.0681. The molecule has 1 rings (SSSR count). The molecule has 0 amide bonds. The van der Waals surface area contributed by atoms with Gasteiger partial charge in [-0.3, -0.25) is 4.68 Å². The largest absolute Gasteiger partial charge is 0.477 e. The van der Waals surface area contributed by atoms with E-state index in [4.69, 9.17) is 5.11 Å². The molecule has 0 spiro atoms. The van der Waals surface area contributed by atoms with Crippen molar-refractivity contribution in [1.29, 1.82) is 0 Å². The van der Waals surface area contributed by atoms with E-state index in [9.17, 15) is 4.79 Å².